The summed E-state index contributed by atoms with van der Waals surface area (Å²) in [6, 6.07) is 3.29. The van der Waals surface area contributed by atoms with Gasteiger partial charge in [-0.05, 0) is 24.2 Å². The quantitative estimate of drug-likeness (QED) is 0.858. The summed E-state index contributed by atoms with van der Waals surface area (Å²) in [5.41, 5.74) is 1.72. The van der Waals surface area contributed by atoms with E-state index in [0.29, 0.717) is 5.02 Å². The number of halogens is 2. The molecule has 0 radical (unpaired) electrons. The van der Waals surface area contributed by atoms with Crippen LogP contribution < -0.4 is 5.32 Å². The molecule has 1 heterocycles. The predicted octanol–water partition coefficient (Wildman–Crippen LogP) is 3.38. The fourth-order valence-electron chi connectivity index (χ4n) is 1.90. The average Bonchev–Trinajstić information content (AvgIpc) is 2.24. The topological polar surface area (TPSA) is 12.0 Å². The van der Waals surface area contributed by atoms with Gasteiger partial charge < -0.3 is 5.32 Å². The Labute approximate surface area is 98.4 Å². The van der Waals surface area contributed by atoms with Crippen molar-refractivity contribution >= 4 is 23.4 Å². The molecule has 82 valence electrons. The van der Waals surface area contributed by atoms with Crippen LogP contribution in [0.25, 0.3) is 0 Å². The first kappa shape index (κ1) is 11.2. The lowest BCUT2D eigenvalue weighted by molar-refractivity contribution is 0.573. The minimum atomic E-state index is -0.135. The molecule has 1 nitrogen and oxygen atoms in total. The maximum absolute atomic E-state index is 13.6. The van der Waals surface area contributed by atoms with Crippen molar-refractivity contribution in [2.75, 3.05) is 12.3 Å². The third kappa shape index (κ3) is 2.14. The molecule has 0 saturated heterocycles. The maximum Gasteiger partial charge on any atom is 0.127 e. The first-order valence-electron chi connectivity index (χ1n) is 5.02. The van der Waals surface area contributed by atoms with Gasteiger partial charge in [-0.3, -0.25) is 0 Å². The normalized spacial score (nSPS) is 20.1. The van der Waals surface area contributed by atoms with Crippen LogP contribution >= 0.6 is 23.4 Å². The molecule has 1 aromatic carbocycles. The molecule has 0 aliphatic carbocycles. The first-order chi connectivity index (χ1) is 7.24. The van der Waals surface area contributed by atoms with Crippen LogP contribution in [0.1, 0.15) is 24.1 Å². The zero-order chi connectivity index (χ0) is 10.8. The summed E-state index contributed by atoms with van der Waals surface area (Å²) in [7, 11) is 0. The first-order valence-corrected chi connectivity index (χ1v) is 6.55. The van der Waals surface area contributed by atoms with Gasteiger partial charge in [0.25, 0.3) is 0 Å². The number of nitrogens with one attached hydrogen (secondary N) is 1. The lowest BCUT2D eigenvalue weighted by Crippen LogP contribution is -2.27. The molecule has 0 fully saturated rings. The summed E-state index contributed by atoms with van der Waals surface area (Å²) in [6.07, 6.45) is 0. The summed E-state index contributed by atoms with van der Waals surface area (Å²) in [4.78, 5) is 0. The van der Waals surface area contributed by atoms with Crippen molar-refractivity contribution in [1.29, 1.82) is 0 Å². The van der Waals surface area contributed by atoms with E-state index in [1.165, 1.54) is 6.07 Å². The van der Waals surface area contributed by atoms with Crippen LogP contribution in [-0.2, 0) is 5.75 Å². The summed E-state index contributed by atoms with van der Waals surface area (Å²) in [6.45, 7) is 2.92. The van der Waals surface area contributed by atoms with E-state index < -0.39 is 0 Å². The molecule has 4 heteroatoms. The minimum absolute atomic E-state index is 0.135. The molecule has 1 aliphatic heterocycles. The van der Waals surface area contributed by atoms with E-state index in [9.17, 15) is 4.39 Å². The van der Waals surface area contributed by atoms with Gasteiger partial charge in [0, 0.05) is 28.1 Å². The van der Waals surface area contributed by atoms with E-state index >= 15 is 0 Å². The number of rotatable bonds is 2. The van der Waals surface area contributed by atoms with Crippen molar-refractivity contribution in [2.45, 2.75) is 18.7 Å². The Hall–Kier alpha value is -0.250. The van der Waals surface area contributed by atoms with Crippen LogP contribution in [0.2, 0.25) is 5.02 Å². The molecule has 15 heavy (non-hydrogen) atoms. The number of thioether (sulfide) groups is 1. The predicted molar refractivity (Wildman–Crippen MR) is 64.0 cm³/mol. The Kier molecular flexibility index (Phi) is 3.54. The lowest BCUT2D eigenvalue weighted by Gasteiger charge is -2.27. The van der Waals surface area contributed by atoms with Crippen molar-refractivity contribution in [3.8, 4) is 0 Å². The molecule has 1 N–H and O–H groups in total. The SMILES string of the molecule is CCNC1CSCc2c(F)ccc(Cl)c21. The molecule has 1 unspecified atom stereocenters. The molecule has 1 aromatic rings. The van der Waals surface area contributed by atoms with Crippen LogP contribution in [-0.4, -0.2) is 12.3 Å². The van der Waals surface area contributed by atoms with Crippen LogP contribution in [0, 0.1) is 5.82 Å². The smallest absolute Gasteiger partial charge is 0.127 e. The fraction of sp³-hybridized carbons (Fsp3) is 0.455. The Balaban J connectivity index is 2.45. The van der Waals surface area contributed by atoms with Gasteiger partial charge in [0.05, 0.1) is 0 Å². The van der Waals surface area contributed by atoms with Gasteiger partial charge in [0.2, 0.25) is 0 Å². The Bertz CT molecular complexity index is 370. The van der Waals surface area contributed by atoms with Gasteiger partial charge in [-0.25, -0.2) is 4.39 Å². The molecule has 0 saturated carbocycles. The summed E-state index contributed by atoms with van der Waals surface area (Å²) in [5.74, 6) is 1.55. The highest BCUT2D eigenvalue weighted by Gasteiger charge is 2.24. The number of fused-ring (bicyclic) bond motifs is 1. The fourth-order valence-corrected chi connectivity index (χ4v) is 3.35. The van der Waals surface area contributed by atoms with Crippen LogP contribution in [0.4, 0.5) is 4.39 Å². The molecular weight excluding hydrogens is 233 g/mol. The zero-order valence-electron chi connectivity index (χ0n) is 8.52. The standard InChI is InChI=1S/C11H13ClFNS/c1-2-14-10-6-15-5-7-9(13)4-3-8(12)11(7)10/h3-4,10,14H,2,5-6H2,1H3. The summed E-state index contributed by atoms with van der Waals surface area (Å²) < 4.78 is 13.6. The molecule has 1 aliphatic rings. The van der Waals surface area contributed by atoms with Crippen molar-refractivity contribution in [1.82, 2.24) is 5.32 Å². The largest absolute Gasteiger partial charge is 0.309 e. The average molecular weight is 246 g/mol. The van der Waals surface area contributed by atoms with Gasteiger partial charge >= 0.3 is 0 Å². The maximum atomic E-state index is 13.6. The van der Waals surface area contributed by atoms with Gasteiger partial charge in [-0.15, -0.1) is 0 Å². The van der Waals surface area contributed by atoms with Crippen molar-refractivity contribution < 1.29 is 4.39 Å². The molecule has 0 aromatic heterocycles. The van der Waals surface area contributed by atoms with E-state index in [-0.39, 0.29) is 11.9 Å². The van der Waals surface area contributed by atoms with Crippen LogP contribution in [0.15, 0.2) is 12.1 Å². The number of hydrogen-bond acceptors (Lipinski definition) is 2. The number of benzene rings is 1. The van der Waals surface area contributed by atoms with Gasteiger partial charge in [-0.2, -0.15) is 11.8 Å². The second kappa shape index (κ2) is 4.73. The highest BCUT2D eigenvalue weighted by Crippen LogP contribution is 2.37. The highest BCUT2D eigenvalue weighted by atomic mass is 35.5. The molecular formula is C11H13ClFNS. The van der Waals surface area contributed by atoms with Crippen LogP contribution in [0.3, 0.4) is 0 Å². The second-order valence-corrected chi connectivity index (χ2v) is 4.98. The summed E-state index contributed by atoms with van der Waals surface area (Å²) >= 11 is 7.88. The van der Waals surface area contributed by atoms with E-state index in [0.717, 1.165) is 29.2 Å². The second-order valence-electron chi connectivity index (χ2n) is 3.55. The van der Waals surface area contributed by atoms with Crippen molar-refractivity contribution in [3.05, 3.63) is 34.1 Å². The van der Waals surface area contributed by atoms with Gasteiger partial charge in [0.1, 0.15) is 5.82 Å². The van der Waals surface area contributed by atoms with Gasteiger partial charge in [0.15, 0.2) is 0 Å². The van der Waals surface area contributed by atoms with Gasteiger partial charge in [-0.1, -0.05) is 18.5 Å². The van der Waals surface area contributed by atoms with E-state index in [1.54, 1.807) is 17.8 Å². The summed E-state index contributed by atoms with van der Waals surface area (Å²) in [5, 5.41) is 4.02. The van der Waals surface area contributed by atoms with Crippen molar-refractivity contribution in [2.24, 2.45) is 0 Å². The molecule has 0 amide bonds. The number of hydrogen-bond donors (Lipinski definition) is 1. The zero-order valence-corrected chi connectivity index (χ0v) is 10.1. The van der Waals surface area contributed by atoms with E-state index in [2.05, 4.69) is 5.32 Å². The lowest BCUT2D eigenvalue weighted by atomic mass is 10.0. The monoisotopic (exact) mass is 245 g/mol. The Morgan fingerprint density at radius 3 is 3.13 bits per heavy atom. The molecule has 0 bridgehead atoms. The van der Waals surface area contributed by atoms with Crippen molar-refractivity contribution in [3.63, 3.8) is 0 Å². The minimum Gasteiger partial charge on any atom is -0.309 e. The van der Waals surface area contributed by atoms with Crippen LogP contribution in [0.5, 0.6) is 0 Å². The Morgan fingerprint density at radius 1 is 1.60 bits per heavy atom. The molecule has 0 spiro atoms. The molecule has 2 rings (SSSR count). The highest BCUT2D eigenvalue weighted by molar-refractivity contribution is 7.98. The van der Waals surface area contributed by atoms with E-state index in [1.807, 2.05) is 6.92 Å². The third-order valence-electron chi connectivity index (χ3n) is 2.58. The third-order valence-corrected chi connectivity index (χ3v) is 3.97. The Morgan fingerprint density at radius 2 is 2.40 bits per heavy atom. The molecule has 1 atom stereocenters. The van der Waals surface area contributed by atoms with E-state index in [4.69, 9.17) is 11.6 Å².